The molecule has 14 N–H and O–H groups in total. The molecule has 0 aromatic rings. The summed E-state index contributed by atoms with van der Waals surface area (Å²) >= 11 is 0. The largest absolute Gasteiger partial charge is 0.394 e. The number of carbonyl (C=O) groups excluding carboxylic acids is 1. The second-order valence-electron chi connectivity index (χ2n) is 11.4. The molecular formula is C26H45NO18. The van der Waals surface area contributed by atoms with E-state index in [1.165, 1.54) is 13.0 Å². The molecule has 3 aliphatic rings. The molecule has 19 nitrogen and oxygen atoms in total. The van der Waals surface area contributed by atoms with Gasteiger partial charge in [-0.25, -0.2) is 0 Å². The van der Waals surface area contributed by atoms with Crippen molar-refractivity contribution in [1.82, 2.24) is 5.32 Å². The van der Waals surface area contributed by atoms with Crippen molar-refractivity contribution < 1.29 is 90.1 Å². The average molecular weight is 660 g/mol. The van der Waals surface area contributed by atoms with Crippen molar-refractivity contribution in [3.8, 4) is 0 Å². The third-order valence-electron chi connectivity index (χ3n) is 8.23. The van der Waals surface area contributed by atoms with Gasteiger partial charge in [0.15, 0.2) is 18.9 Å². The minimum absolute atomic E-state index is 0.0134. The van der Waals surface area contributed by atoms with E-state index in [9.17, 15) is 66.1 Å². The number of aliphatic hydroxyl groups is 13. The molecular weight excluding hydrogens is 614 g/mol. The lowest BCUT2D eigenvalue weighted by Crippen LogP contribution is -2.67. The van der Waals surface area contributed by atoms with Crippen molar-refractivity contribution in [2.45, 2.75) is 123 Å². The molecule has 3 rings (SSSR count). The summed E-state index contributed by atoms with van der Waals surface area (Å²) in [5.41, 5.74) is -0.0316. The fourth-order valence-corrected chi connectivity index (χ4v) is 5.50. The Balaban J connectivity index is 1.73. The zero-order chi connectivity index (χ0) is 33.7. The van der Waals surface area contributed by atoms with Gasteiger partial charge in [-0.3, -0.25) is 0 Å². The first-order valence-electron chi connectivity index (χ1n) is 14.4. The Labute approximate surface area is 257 Å². The monoisotopic (exact) mass is 659 g/mol. The lowest BCUT2D eigenvalue weighted by molar-refractivity contribution is -0.316. The van der Waals surface area contributed by atoms with E-state index in [2.05, 4.69) is 5.32 Å². The van der Waals surface area contributed by atoms with Crippen molar-refractivity contribution in [3.63, 3.8) is 0 Å². The summed E-state index contributed by atoms with van der Waals surface area (Å²) in [4.78, 5) is 11.0. The summed E-state index contributed by atoms with van der Waals surface area (Å²) in [7, 11) is 0. The third-order valence-corrected chi connectivity index (χ3v) is 8.23. The van der Waals surface area contributed by atoms with Gasteiger partial charge in [0.1, 0.15) is 67.1 Å². The van der Waals surface area contributed by atoms with E-state index in [1.54, 1.807) is 0 Å². The molecule has 0 aromatic carbocycles. The van der Waals surface area contributed by atoms with Gasteiger partial charge in [0, 0.05) is 6.42 Å². The van der Waals surface area contributed by atoms with Crippen LogP contribution < -0.4 is 5.32 Å². The molecule has 262 valence electrons. The Morgan fingerprint density at radius 2 is 1.51 bits per heavy atom. The van der Waals surface area contributed by atoms with Crippen LogP contribution in [-0.2, 0) is 23.7 Å². The van der Waals surface area contributed by atoms with Crippen LogP contribution in [0.15, 0.2) is 11.6 Å². The lowest BCUT2D eigenvalue weighted by Gasteiger charge is -2.46. The van der Waals surface area contributed by atoms with Gasteiger partial charge in [-0.1, -0.05) is 6.08 Å². The molecule has 19 heteroatoms. The summed E-state index contributed by atoms with van der Waals surface area (Å²) in [6.07, 6.45) is -25.6. The van der Waals surface area contributed by atoms with Crippen molar-refractivity contribution in [2.24, 2.45) is 0 Å². The van der Waals surface area contributed by atoms with Gasteiger partial charge in [0.2, 0.25) is 0 Å². The van der Waals surface area contributed by atoms with E-state index in [0.717, 1.165) is 0 Å². The first kappa shape index (κ1) is 38.1. The Hall–Kier alpha value is -1.31. The smallest absolute Gasteiger partial charge is 0.187 e. The summed E-state index contributed by atoms with van der Waals surface area (Å²) in [5, 5.41) is 135. The Morgan fingerprint density at radius 3 is 2.09 bits per heavy atom. The maximum atomic E-state index is 11.0. The summed E-state index contributed by atoms with van der Waals surface area (Å²) in [6, 6.07) is -2.37. The van der Waals surface area contributed by atoms with Crippen LogP contribution in [0.3, 0.4) is 0 Å². The molecule has 0 amide bonds. The van der Waals surface area contributed by atoms with Gasteiger partial charge in [-0.2, -0.15) is 0 Å². The Bertz CT molecular complexity index is 959. The Kier molecular flexibility index (Phi) is 14.1. The molecule has 2 saturated heterocycles. The van der Waals surface area contributed by atoms with E-state index in [4.69, 9.17) is 24.1 Å². The highest BCUT2D eigenvalue weighted by Gasteiger charge is 2.50. The minimum Gasteiger partial charge on any atom is -0.394 e. The molecule has 2 fully saturated rings. The molecule has 0 spiro atoms. The molecule has 0 radical (unpaired) electrons. The number of aliphatic hydroxyl groups excluding tert-OH is 13. The van der Waals surface area contributed by atoms with Crippen molar-refractivity contribution in [2.75, 3.05) is 19.8 Å². The number of carbonyl (C=O) groups is 1. The highest BCUT2D eigenvalue weighted by molar-refractivity contribution is 5.56. The predicted octanol–water partition coefficient (Wildman–Crippen LogP) is -8.33. The van der Waals surface area contributed by atoms with E-state index in [1.807, 2.05) is 0 Å². The van der Waals surface area contributed by atoms with Gasteiger partial charge >= 0.3 is 0 Å². The molecule has 0 bridgehead atoms. The minimum atomic E-state index is -1.95. The lowest BCUT2D eigenvalue weighted by atomic mass is 9.86. The van der Waals surface area contributed by atoms with Crippen LogP contribution >= 0.6 is 0 Å². The number of aldehydes is 1. The SMILES string of the molecule is C[C@H]1OC(O[C@H](CC(O)CO)[C@H](O)[C@@H](O)C=O)C(O)[C@@H](O)[C@@H]1N[C@H]1C=C(CO)[C@@H](O[C@H]2O[C@H](CO)C(O)[C@H](O)C2O)C(O)[C@H]1O. The van der Waals surface area contributed by atoms with Crippen LogP contribution in [0.5, 0.6) is 0 Å². The van der Waals surface area contributed by atoms with Crippen molar-refractivity contribution in [3.05, 3.63) is 11.6 Å². The average Bonchev–Trinajstić information content (AvgIpc) is 3.03. The maximum absolute atomic E-state index is 11.0. The quantitative estimate of drug-likeness (QED) is 0.0608. The third kappa shape index (κ3) is 8.59. The van der Waals surface area contributed by atoms with Crippen LogP contribution in [0.1, 0.15) is 13.3 Å². The van der Waals surface area contributed by atoms with Crippen LogP contribution in [-0.4, -0.2) is 203 Å². The topological polar surface area (TPSA) is 329 Å². The number of hydrogen-bond donors (Lipinski definition) is 14. The van der Waals surface area contributed by atoms with Crippen LogP contribution in [0.25, 0.3) is 0 Å². The van der Waals surface area contributed by atoms with Crippen molar-refractivity contribution in [1.29, 1.82) is 0 Å². The fraction of sp³-hybridized carbons (Fsp3) is 0.885. The van der Waals surface area contributed by atoms with Gasteiger partial charge in [-0.05, 0) is 12.5 Å². The zero-order valence-electron chi connectivity index (χ0n) is 24.2. The highest BCUT2D eigenvalue weighted by Crippen LogP contribution is 2.31. The van der Waals surface area contributed by atoms with E-state index >= 15 is 0 Å². The molecule has 1 aliphatic carbocycles. The number of hydrogen-bond acceptors (Lipinski definition) is 19. The molecule has 18 atom stereocenters. The van der Waals surface area contributed by atoms with Crippen molar-refractivity contribution >= 4 is 6.29 Å². The molecule has 45 heavy (non-hydrogen) atoms. The molecule has 2 aliphatic heterocycles. The summed E-state index contributed by atoms with van der Waals surface area (Å²) in [6.45, 7) is -0.803. The van der Waals surface area contributed by atoms with Gasteiger partial charge < -0.3 is 95.4 Å². The first-order chi connectivity index (χ1) is 21.2. The molecule has 0 saturated carbocycles. The van der Waals surface area contributed by atoms with Gasteiger partial charge in [0.25, 0.3) is 0 Å². The molecule has 2 heterocycles. The number of ether oxygens (including phenoxy) is 4. The van der Waals surface area contributed by atoms with Gasteiger partial charge in [-0.15, -0.1) is 0 Å². The predicted molar refractivity (Wildman–Crippen MR) is 144 cm³/mol. The normalized spacial score (nSPS) is 43.6. The Morgan fingerprint density at radius 1 is 0.867 bits per heavy atom. The summed E-state index contributed by atoms with van der Waals surface area (Å²) in [5.74, 6) is 0. The second-order valence-corrected chi connectivity index (χ2v) is 11.4. The summed E-state index contributed by atoms with van der Waals surface area (Å²) < 4.78 is 22.0. The van der Waals surface area contributed by atoms with Crippen LogP contribution in [0.4, 0.5) is 0 Å². The molecule has 0 aromatic heterocycles. The van der Waals surface area contributed by atoms with E-state index in [0.29, 0.717) is 0 Å². The number of nitrogens with one attached hydrogen (secondary N) is 1. The highest BCUT2D eigenvalue weighted by atomic mass is 16.7. The second kappa shape index (κ2) is 16.7. The first-order valence-corrected chi connectivity index (χ1v) is 14.4. The van der Waals surface area contributed by atoms with Crippen LogP contribution in [0.2, 0.25) is 0 Å². The number of rotatable bonds is 14. The van der Waals surface area contributed by atoms with Crippen LogP contribution in [0, 0.1) is 0 Å². The molecule has 6 unspecified atom stereocenters. The van der Waals surface area contributed by atoms with Gasteiger partial charge in [0.05, 0.1) is 50.2 Å². The zero-order valence-corrected chi connectivity index (χ0v) is 24.2. The maximum Gasteiger partial charge on any atom is 0.187 e. The van der Waals surface area contributed by atoms with E-state index in [-0.39, 0.29) is 11.9 Å². The standard InChI is InChI=1S/C26H45NO18/c1-8-15(19(37)22(40)25(42-8)43-13(3-10(32)5-29)17(35)12(33)6-30)27-11-2-9(4-28)24(21(39)16(11)34)45-26-23(41)20(38)18(36)14(7-31)44-26/h2,6,8,10-29,31-41H,3-5,7H2,1H3/t8-,10?,11+,12+,13-,14-,15-,16+,17-,18?,19+,20+,21?,22?,23?,24-,25?,26-/m1/s1. The van der Waals surface area contributed by atoms with E-state index < -0.39 is 136 Å². The fourth-order valence-electron chi connectivity index (χ4n) is 5.50.